The molecular weight excluding hydrogens is 264 g/mol. The van der Waals surface area contributed by atoms with Crippen molar-refractivity contribution in [3.05, 3.63) is 65.2 Å². The first kappa shape index (κ1) is 13.7. The normalized spacial score (nSPS) is 16.5. The lowest BCUT2D eigenvalue weighted by Crippen LogP contribution is -2.03. The fourth-order valence-electron chi connectivity index (χ4n) is 2.94. The van der Waals surface area contributed by atoms with Crippen molar-refractivity contribution < 1.29 is 14.6 Å². The summed E-state index contributed by atoms with van der Waals surface area (Å²) >= 11 is 0. The average Bonchev–Trinajstić information content (AvgIpc) is 2.88. The van der Waals surface area contributed by atoms with Crippen LogP contribution in [0, 0.1) is 0 Å². The Hall–Kier alpha value is -2.29. The highest BCUT2D eigenvalue weighted by Crippen LogP contribution is 2.37. The van der Waals surface area contributed by atoms with Crippen LogP contribution >= 0.6 is 0 Å². The van der Waals surface area contributed by atoms with Crippen LogP contribution in [0.2, 0.25) is 0 Å². The summed E-state index contributed by atoms with van der Waals surface area (Å²) in [6.07, 6.45) is 2.08. The van der Waals surface area contributed by atoms with Crippen molar-refractivity contribution in [2.75, 3.05) is 0 Å². The molecule has 1 N–H and O–H groups in total. The molecule has 0 unspecified atom stereocenters. The zero-order chi connectivity index (χ0) is 14.7. The Morgan fingerprint density at radius 1 is 1.19 bits per heavy atom. The second kappa shape index (κ2) is 6.00. The number of aryl methyl sites for hydroxylation is 1. The molecule has 3 nitrogen and oxygen atoms in total. The number of aliphatic carboxylic acids is 1. The standard InChI is InChI=1S/C18H18O3/c19-18(20)11-15-7-6-14-10-16(8-9-17(14)15)21-12-13-4-2-1-3-5-13/h1-5,8-10,15H,6-7,11-12H2,(H,19,20)/t15-/m0/s1. The Morgan fingerprint density at radius 2 is 2.00 bits per heavy atom. The van der Waals surface area contributed by atoms with Crippen LogP contribution in [0.1, 0.15) is 35.4 Å². The van der Waals surface area contributed by atoms with E-state index in [1.165, 1.54) is 11.1 Å². The van der Waals surface area contributed by atoms with E-state index in [-0.39, 0.29) is 12.3 Å². The Balaban J connectivity index is 1.68. The molecule has 108 valence electrons. The highest BCUT2D eigenvalue weighted by Gasteiger charge is 2.24. The van der Waals surface area contributed by atoms with Crippen molar-refractivity contribution in [3.8, 4) is 5.75 Å². The molecule has 0 bridgehead atoms. The Morgan fingerprint density at radius 3 is 2.76 bits per heavy atom. The number of ether oxygens (including phenoxy) is 1. The Kier molecular flexibility index (Phi) is 3.91. The minimum absolute atomic E-state index is 0.153. The van der Waals surface area contributed by atoms with Gasteiger partial charge in [-0.05, 0) is 47.6 Å². The number of carbonyl (C=O) groups is 1. The minimum Gasteiger partial charge on any atom is -0.489 e. The molecule has 0 aromatic heterocycles. The van der Waals surface area contributed by atoms with Gasteiger partial charge in [0, 0.05) is 0 Å². The third-order valence-corrected chi connectivity index (χ3v) is 3.99. The van der Waals surface area contributed by atoms with Crippen molar-refractivity contribution in [3.63, 3.8) is 0 Å². The summed E-state index contributed by atoms with van der Waals surface area (Å²) in [6, 6.07) is 16.1. The lowest BCUT2D eigenvalue weighted by molar-refractivity contribution is -0.137. The molecule has 1 aliphatic carbocycles. The lowest BCUT2D eigenvalue weighted by atomic mass is 9.98. The van der Waals surface area contributed by atoms with Crippen molar-refractivity contribution in [2.24, 2.45) is 0 Å². The van der Waals surface area contributed by atoms with Gasteiger partial charge in [-0.1, -0.05) is 36.4 Å². The molecule has 2 aromatic carbocycles. The molecule has 1 atom stereocenters. The summed E-state index contributed by atoms with van der Waals surface area (Å²) in [7, 11) is 0. The molecule has 3 heteroatoms. The zero-order valence-corrected chi connectivity index (χ0v) is 11.8. The number of rotatable bonds is 5. The summed E-state index contributed by atoms with van der Waals surface area (Å²) < 4.78 is 5.82. The molecule has 1 aliphatic rings. The van der Waals surface area contributed by atoms with Crippen molar-refractivity contribution in [2.45, 2.75) is 31.8 Å². The van der Waals surface area contributed by atoms with E-state index in [1.807, 2.05) is 42.5 Å². The molecular formula is C18H18O3. The largest absolute Gasteiger partial charge is 0.489 e. The van der Waals surface area contributed by atoms with Gasteiger partial charge in [0.05, 0.1) is 6.42 Å². The number of fused-ring (bicyclic) bond motifs is 1. The number of benzene rings is 2. The van der Waals surface area contributed by atoms with Crippen LogP contribution in [0.15, 0.2) is 48.5 Å². The summed E-state index contributed by atoms with van der Waals surface area (Å²) in [5.41, 5.74) is 3.54. The first-order valence-corrected chi connectivity index (χ1v) is 7.24. The maximum absolute atomic E-state index is 10.9. The fourth-order valence-corrected chi connectivity index (χ4v) is 2.94. The number of carboxylic acid groups (broad SMARTS) is 1. The van der Waals surface area contributed by atoms with E-state index in [1.54, 1.807) is 0 Å². The van der Waals surface area contributed by atoms with Crippen LogP contribution in [0.25, 0.3) is 0 Å². The quantitative estimate of drug-likeness (QED) is 0.908. The van der Waals surface area contributed by atoms with Gasteiger partial charge in [-0.25, -0.2) is 0 Å². The van der Waals surface area contributed by atoms with Gasteiger partial charge < -0.3 is 9.84 Å². The first-order chi connectivity index (χ1) is 10.2. The van der Waals surface area contributed by atoms with E-state index < -0.39 is 5.97 Å². The zero-order valence-electron chi connectivity index (χ0n) is 11.8. The van der Waals surface area contributed by atoms with Crippen LogP contribution in [0.3, 0.4) is 0 Å². The predicted octanol–water partition coefficient (Wildman–Crippen LogP) is 3.77. The third kappa shape index (κ3) is 3.24. The highest BCUT2D eigenvalue weighted by atomic mass is 16.5. The Labute approximate surface area is 124 Å². The third-order valence-electron chi connectivity index (χ3n) is 3.99. The van der Waals surface area contributed by atoms with Crippen LogP contribution in [-0.2, 0) is 17.8 Å². The molecule has 0 fully saturated rings. The van der Waals surface area contributed by atoms with Gasteiger partial charge in [0.1, 0.15) is 12.4 Å². The lowest BCUT2D eigenvalue weighted by Gasteiger charge is -2.11. The monoisotopic (exact) mass is 282 g/mol. The van der Waals surface area contributed by atoms with Gasteiger partial charge in [-0.15, -0.1) is 0 Å². The molecule has 0 saturated carbocycles. The van der Waals surface area contributed by atoms with Crippen LogP contribution in [0.5, 0.6) is 5.75 Å². The van der Waals surface area contributed by atoms with Gasteiger partial charge in [0.2, 0.25) is 0 Å². The molecule has 0 radical (unpaired) electrons. The maximum Gasteiger partial charge on any atom is 0.303 e. The summed E-state index contributed by atoms with van der Waals surface area (Å²) in [5.74, 6) is 0.284. The van der Waals surface area contributed by atoms with Gasteiger partial charge >= 0.3 is 5.97 Å². The molecule has 21 heavy (non-hydrogen) atoms. The second-order valence-electron chi connectivity index (χ2n) is 5.47. The Bertz CT molecular complexity index is 634. The average molecular weight is 282 g/mol. The van der Waals surface area contributed by atoms with Crippen LogP contribution < -0.4 is 4.74 Å². The van der Waals surface area contributed by atoms with E-state index >= 15 is 0 Å². The molecule has 3 rings (SSSR count). The molecule has 0 aliphatic heterocycles. The van der Waals surface area contributed by atoms with Crippen molar-refractivity contribution in [1.29, 1.82) is 0 Å². The van der Waals surface area contributed by atoms with Gasteiger partial charge in [0.25, 0.3) is 0 Å². The molecule has 2 aromatic rings. The van der Waals surface area contributed by atoms with Crippen molar-refractivity contribution >= 4 is 5.97 Å². The summed E-state index contributed by atoms with van der Waals surface area (Å²) in [4.78, 5) is 10.9. The number of carboxylic acids is 1. The smallest absolute Gasteiger partial charge is 0.303 e. The minimum atomic E-state index is -0.725. The number of hydrogen-bond donors (Lipinski definition) is 1. The van der Waals surface area contributed by atoms with Crippen LogP contribution in [0.4, 0.5) is 0 Å². The highest BCUT2D eigenvalue weighted by molar-refractivity contribution is 5.68. The van der Waals surface area contributed by atoms with E-state index in [0.29, 0.717) is 6.61 Å². The maximum atomic E-state index is 10.9. The van der Waals surface area contributed by atoms with Gasteiger partial charge in [0.15, 0.2) is 0 Å². The van der Waals surface area contributed by atoms with Gasteiger partial charge in [-0.3, -0.25) is 4.79 Å². The van der Waals surface area contributed by atoms with Crippen LogP contribution in [-0.4, -0.2) is 11.1 Å². The van der Waals surface area contributed by atoms with E-state index in [4.69, 9.17) is 9.84 Å². The molecule has 0 saturated heterocycles. The first-order valence-electron chi connectivity index (χ1n) is 7.24. The van der Waals surface area contributed by atoms with Crippen molar-refractivity contribution in [1.82, 2.24) is 0 Å². The second-order valence-corrected chi connectivity index (χ2v) is 5.47. The van der Waals surface area contributed by atoms with E-state index in [2.05, 4.69) is 6.07 Å². The molecule has 0 heterocycles. The topological polar surface area (TPSA) is 46.5 Å². The predicted molar refractivity (Wildman–Crippen MR) is 80.5 cm³/mol. The fraction of sp³-hybridized carbons (Fsp3) is 0.278. The van der Waals surface area contributed by atoms with Gasteiger partial charge in [-0.2, -0.15) is 0 Å². The molecule has 0 spiro atoms. The molecule has 0 amide bonds. The number of hydrogen-bond acceptors (Lipinski definition) is 2. The summed E-state index contributed by atoms with van der Waals surface area (Å²) in [5, 5.41) is 8.94. The SMILES string of the molecule is O=C(O)C[C@@H]1CCc2cc(OCc3ccccc3)ccc21. The van der Waals surface area contributed by atoms with E-state index in [0.717, 1.165) is 24.2 Å². The summed E-state index contributed by atoms with van der Waals surface area (Å²) in [6.45, 7) is 0.554. The van der Waals surface area contributed by atoms with E-state index in [9.17, 15) is 4.79 Å².